The number of aromatic nitrogens is 4. The van der Waals surface area contributed by atoms with Crippen LogP contribution in [0.3, 0.4) is 0 Å². The highest BCUT2D eigenvalue weighted by atomic mass is 32.2. The van der Waals surface area contributed by atoms with Crippen LogP contribution in [0.5, 0.6) is 0 Å². The van der Waals surface area contributed by atoms with Crippen LogP contribution in [0.2, 0.25) is 0 Å². The lowest BCUT2D eigenvalue weighted by atomic mass is 10.2. The zero-order valence-corrected chi connectivity index (χ0v) is 13.8. The highest BCUT2D eigenvalue weighted by Crippen LogP contribution is 2.23. The maximum Gasteiger partial charge on any atom is 0.233 e. The molecule has 21 heavy (non-hydrogen) atoms. The number of amides is 1. The first-order chi connectivity index (χ1) is 9.78. The van der Waals surface area contributed by atoms with Crippen molar-refractivity contribution in [3.05, 3.63) is 0 Å². The van der Waals surface area contributed by atoms with E-state index in [1.165, 1.54) is 11.8 Å². The molecule has 2 heterocycles. The summed E-state index contributed by atoms with van der Waals surface area (Å²) in [5.41, 5.74) is 0. The maximum atomic E-state index is 12.1. The predicted octanol–water partition coefficient (Wildman–Crippen LogP) is 0.0379. The van der Waals surface area contributed by atoms with Gasteiger partial charge in [-0.25, -0.2) is 13.1 Å². The number of carbonyl (C=O) groups is 1. The molecule has 1 N–H and O–H groups in total. The number of hydrogen-bond acceptors (Lipinski definition) is 7. The zero-order chi connectivity index (χ0) is 15.6. The number of hydrogen-bond donors (Lipinski definition) is 1. The van der Waals surface area contributed by atoms with Gasteiger partial charge in [-0.15, -0.1) is 5.10 Å². The molecule has 2 rings (SSSR count). The van der Waals surface area contributed by atoms with Crippen molar-refractivity contribution in [3.63, 3.8) is 0 Å². The van der Waals surface area contributed by atoms with Crippen molar-refractivity contribution in [1.82, 2.24) is 25.5 Å². The molecule has 1 aromatic heterocycles. The minimum atomic E-state index is -2.99. The van der Waals surface area contributed by atoms with Crippen LogP contribution in [0.25, 0.3) is 0 Å². The largest absolute Gasteiger partial charge is 0.351 e. The van der Waals surface area contributed by atoms with E-state index >= 15 is 0 Å². The summed E-state index contributed by atoms with van der Waals surface area (Å²) in [6.45, 7) is 5.66. The molecular formula is C11H19N5O3S2. The third-order valence-corrected chi connectivity index (χ3v) is 6.00. The summed E-state index contributed by atoms with van der Waals surface area (Å²) < 4.78 is 24.4. The molecular weight excluding hydrogens is 314 g/mol. The smallest absolute Gasteiger partial charge is 0.233 e. The first-order valence-electron chi connectivity index (χ1n) is 6.74. The van der Waals surface area contributed by atoms with Crippen LogP contribution in [0.15, 0.2) is 5.16 Å². The monoisotopic (exact) mass is 333 g/mol. The molecule has 1 fully saturated rings. The van der Waals surface area contributed by atoms with Gasteiger partial charge in [0.2, 0.25) is 11.1 Å². The molecule has 10 heteroatoms. The van der Waals surface area contributed by atoms with Gasteiger partial charge in [0.1, 0.15) is 0 Å². The molecule has 1 aromatic rings. The Bertz CT molecular complexity index is 613. The van der Waals surface area contributed by atoms with E-state index in [-0.39, 0.29) is 29.5 Å². The van der Waals surface area contributed by atoms with E-state index < -0.39 is 15.1 Å². The van der Waals surface area contributed by atoms with Crippen LogP contribution >= 0.6 is 11.8 Å². The van der Waals surface area contributed by atoms with Crippen molar-refractivity contribution in [3.8, 4) is 0 Å². The van der Waals surface area contributed by atoms with Crippen molar-refractivity contribution in [1.29, 1.82) is 0 Å². The summed E-state index contributed by atoms with van der Waals surface area (Å²) in [4.78, 5) is 12.1. The van der Waals surface area contributed by atoms with Gasteiger partial charge in [0.15, 0.2) is 9.84 Å². The van der Waals surface area contributed by atoms with E-state index in [1.54, 1.807) is 11.6 Å². The Kier molecular flexibility index (Phi) is 4.87. The number of sulfone groups is 1. The maximum absolute atomic E-state index is 12.1. The van der Waals surface area contributed by atoms with E-state index in [0.717, 1.165) is 0 Å². The summed E-state index contributed by atoms with van der Waals surface area (Å²) in [5, 5.41) is 14.3. The van der Waals surface area contributed by atoms with E-state index in [2.05, 4.69) is 20.8 Å². The normalized spacial score (nSPS) is 22.4. The molecule has 0 aliphatic carbocycles. The van der Waals surface area contributed by atoms with E-state index in [0.29, 0.717) is 11.6 Å². The first-order valence-corrected chi connectivity index (χ1v) is 9.44. The molecule has 0 spiro atoms. The number of tetrazole rings is 1. The third-order valence-electron chi connectivity index (χ3n) is 3.18. The minimum Gasteiger partial charge on any atom is -0.351 e. The van der Waals surface area contributed by atoms with Gasteiger partial charge in [-0.3, -0.25) is 4.79 Å². The Morgan fingerprint density at radius 2 is 2.14 bits per heavy atom. The molecule has 1 aliphatic rings. The Balaban J connectivity index is 1.92. The Morgan fingerprint density at radius 1 is 1.43 bits per heavy atom. The molecule has 1 amide bonds. The molecule has 2 unspecified atom stereocenters. The second-order valence-electron chi connectivity index (χ2n) is 5.37. The van der Waals surface area contributed by atoms with Crippen LogP contribution in [-0.2, 0) is 14.6 Å². The fraction of sp³-hybridized carbons (Fsp3) is 0.818. The summed E-state index contributed by atoms with van der Waals surface area (Å²) in [5.74, 6) is -0.0225. The fourth-order valence-corrected chi connectivity index (χ4v) is 4.63. The minimum absolute atomic E-state index is 0.0276. The van der Waals surface area contributed by atoms with Crippen LogP contribution < -0.4 is 5.32 Å². The molecule has 2 atom stereocenters. The van der Waals surface area contributed by atoms with Crippen molar-refractivity contribution in [2.75, 3.05) is 11.5 Å². The second kappa shape index (κ2) is 6.30. The first kappa shape index (κ1) is 16.2. The average Bonchev–Trinajstić information content (AvgIpc) is 2.95. The lowest BCUT2D eigenvalue weighted by Gasteiger charge is -2.15. The van der Waals surface area contributed by atoms with Gasteiger partial charge in [-0.1, -0.05) is 11.8 Å². The molecule has 1 saturated heterocycles. The number of carbonyl (C=O) groups excluding carboxylic acids is 1. The topological polar surface area (TPSA) is 107 Å². The van der Waals surface area contributed by atoms with Crippen molar-refractivity contribution >= 4 is 27.5 Å². The van der Waals surface area contributed by atoms with Crippen LogP contribution in [-0.4, -0.2) is 57.3 Å². The van der Waals surface area contributed by atoms with Gasteiger partial charge in [-0.05, 0) is 37.6 Å². The molecule has 8 nitrogen and oxygen atoms in total. The second-order valence-corrected chi connectivity index (χ2v) is 8.91. The van der Waals surface area contributed by atoms with Gasteiger partial charge in [0.25, 0.3) is 0 Å². The number of nitrogens with zero attached hydrogens (tertiary/aromatic N) is 4. The van der Waals surface area contributed by atoms with Crippen LogP contribution in [0, 0.1) is 0 Å². The van der Waals surface area contributed by atoms with Crippen molar-refractivity contribution in [2.45, 2.75) is 49.7 Å². The highest BCUT2D eigenvalue weighted by molar-refractivity contribution is 8.00. The van der Waals surface area contributed by atoms with Crippen molar-refractivity contribution < 1.29 is 13.2 Å². The molecule has 0 bridgehead atoms. The number of thioether (sulfide) groups is 1. The molecule has 0 radical (unpaired) electrons. The Morgan fingerprint density at radius 3 is 2.71 bits per heavy atom. The Labute approximate surface area is 128 Å². The number of rotatable bonds is 5. The lowest BCUT2D eigenvalue weighted by molar-refractivity contribution is -0.120. The standard InChI is InChI=1S/C11H19N5O3S2/c1-7(2)16-11(13-14-15-16)20-8(3)10(17)12-9-4-5-21(18,19)6-9/h7-9H,4-6H2,1-3H3,(H,12,17). The molecule has 0 aromatic carbocycles. The third kappa shape index (κ3) is 4.16. The SMILES string of the molecule is CC(Sc1nnnn1C(C)C)C(=O)NC1CCS(=O)(=O)C1. The summed E-state index contributed by atoms with van der Waals surface area (Å²) in [7, 11) is -2.99. The highest BCUT2D eigenvalue weighted by Gasteiger charge is 2.30. The van der Waals surface area contributed by atoms with Gasteiger partial charge >= 0.3 is 0 Å². The summed E-state index contributed by atoms with van der Waals surface area (Å²) >= 11 is 1.26. The van der Waals surface area contributed by atoms with E-state index in [9.17, 15) is 13.2 Å². The van der Waals surface area contributed by atoms with Gasteiger partial charge in [0.05, 0.1) is 22.8 Å². The number of nitrogens with one attached hydrogen (secondary N) is 1. The zero-order valence-electron chi connectivity index (χ0n) is 12.2. The average molecular weight is 333 g/mol. The molecule has 0 saturated carbocycles. The van der Waals surface area contributed by atoms with Crippen LogP contribution in [0.4, 0.5) is 0 Å². The van der Waals surface area contributed by atoms with Gasteiger partial charge in [0, 0.05) is 6.04 Å². The summed E-state index contributed by atoms with van der Waals surface area (Å²) in [6, 6.07) is -0.177. The van der Waals surface area contributed by atoms with Gasteiger partial charge < -0.3 is 5.32 Å². The Hall–Kier alpha value is -1.16. The van der Waals surface area contributed by atoms with E-state index in [4.69, 9.17) is 0 Å². The van der Waals surface area contributed by atoms with E-state index in [1.807, 2.05) is 13.8 Å². The van der Waals surface area contributed by atoms with Crippen molar-refractivity contribution in [2.24, 2.45) is 0 Å². The summed E-state index contributed by atoms with van der Waals surface area (Å²) in [6.07, 6.45) is 0.481. The fourth-order valence-electron chi connectivity index (χ4n) is 2.03. The quantitative estimate of drug-likeness (QED) is 0.758. The molecule has 1 aliphatic heterocycles. The van der Waals surface area contributed by atoms with Crippen LogP contribution in [0.1, 0.15) is 33.2 Å². The molecule has 118 valence electrons. The predicted molar refractivity (Wildman–Crippen MR) is 78.7 cm³/mol. The lowest BCUT2D eigenvalue weighted by Crippen LogP contribution is -2.40. The van der Waals surface area contributed by atoms with Gasteiger partial charge in [-0.2, -0.15) is 0 Å².